The first-order valence-corrected chi connectivity index (χ1v) is 6.45. The Bertz CT molecular complexity index is 656. The first-order chi connectivity index (χ1) is 9.40. The highest BCUT2D eigenvalue weighted by Gasteiger charge is 2.22. The molecule has 0 amide bonds. The molecule has 106 valence electrons. The molecule has 1 aromatic carbocycles. The molecule has 2 aromatic rings. The summed E-state index contributed by atoms with van der Waals surface area (Å²) >= 11 is 0. The van der Waals surface area contributed by atoms with Crippen LogP contribution in [0.5, 0.6) is 0 Å². The molecule has 0 spiro atoms. The Morgan fingerprint density at radius 1 is 1.40 bits per heavy atom. The second kappa shape index (κ2) is 5.45. The molecule has 0 saturated heterocycles. The number of hydrogen-bond acceptors (Lipinski definition) is 3. The molecule has 2 rings (SSSR count). The Labute approximate surface area is 116 Å². The third-order valence-corrected chi connectivity index (χ3v) is 3.16. The van der Waals surface area contributed by atoms with Gasteiger partial charge in [-0.2, -0.15) is 0 Å². The van der Waals surface area contributed by atoms with E-state index in [1.54, 1.807) is 25.1 Å². The summed E-state index contributed by atoms with van der Waals surface area (Å²) < 4.78 is 13.8. The number of nitrogens with zero attached hydrogens (tertiary/aromatic N) is 1. The number of anilines is 1. The van der Waals surface area contributed by atoms with Gasteiger partial charge in [-0.25, -0.2) is 14.2 Å². The molecule has 1 aromatic heterocycles. The lowest BCUT2D eigenvalue weighted by molar-refractivity contribution is -0.138. The minimum Gasteiger partial charge on any atom is -0.480 e. The highest BCUT2D eigenvalue weighted by atomic mass is 19.1. The first kappa shape index (κ1) is 14.2. The number of benzene rings is 1. The summed E-state index contributed by atoms with van der Waals surface area (Å²) in [5.41, 5.74) is 1.48. The topological polar surface area (TPSA) is 62.2 Å². The maximum absolute atomic E-state index is 13.8. The predicted octanol–water partition coefficient (Wildman–Crippen LogP) is 3.20. The molecule has 0 radical (unpaired) electrons. The number of nitrogens with one attached hydrogen (secondary N) is 1. The van der Waals surface area contributed by atoms with Gasteiger partial charge in [-0.1, -0.05) is 26.0 Å². The van der Waals surface area contributed by atoms with Gasteiger partial charge in [0.05, 0.1) is 0 Å². The van der Waals surface area contributed by atoms with Crippen molar-refractivity contribution in [1.82, 2.24) is 4.98 Å². The normalized spacial score (nSPS) is 12.7. The van der Waals surface area contributed by atoms with E-state index in [1.165, 1.54) is 6.07 Å². The van der Waals surface area contributed by atoms with E-state index >= 15 is 0 Å². The molecule has 0 unspecified atom stereocenters. The molecule has 0 aliphatic heterocycles. The van der Waals surface area contributed by atoms with Crippen molar-refractivity contribution in [3.63, 3.8) is 0 Å². The van der Waals surface area contributed by atoms with Gasteiger partial charge in [0.1, 0.15) is 17.4 Å². The van der Waals surface area contributed by atoms with Crippen LogP contribution in [0.15, 0.2) is 24.3 Å². The summed E-state index contributed by atoms with van der Waals surface area (Å²) in [5, 5.41) is 12.8. The Hall–Kier alpha value is -2.17. The van der Waals surface area contributed by atoms with Gasteiger partial charge in [-0.3, -0.25) is 0 Å². The lowest BCUT2D eigenvalue weighted by Crippen LogP contribution is -2.34. The Kier molecular flexibility index (Phi) is 3.88. The van der Waals surface area contributed by atoms with E-state index in [2.05, 4.69) is 10.3 Å². The van der Waals surface area contributed by atoms with Crippen molar-refractivity contribution in [2.75, 3.05) is 5.32 Å². The van der Waals surface area contributed by atoms with Crippen molar-refractivity contribution in [1.29, 1.82) is 0 Å². The minimum absolute atomic E-state index is 0.0930. The number of rotatable bonds is 4. The van der Waals surface area contributed by atoms with Gasteiger partial charge in [-0.15, -0.1) is 0 Å². The van der Waals surface area contributed by atoms with Gasteiger partial charge < -0.3 is 10.4 Å². The fourth-order valence-corrected chi connectivity index (χ4v) is 2.14. The number of carboxylic acid groups (broad SMARTS) is 1. The van der Waals surface area contributed by atoms with Crippen LogP contribution < -0.4 is 5.32 Å². The average Bonchev–Trinajstić information content (AvgIpc) is 2.36. The number of pyridine rings is 1. The average molecular weight is 276 g/mol. The molecule has 1 heterocycles. The summed E-state index contributed by atoms with van der Waals surface area (Å²) in [5.74, 6) is -1.44. The standard InChI is InChI=1S/C15H17FN2O2/c1-8(2)13(15(19)20)18-12-7-9(3)17-14-10(12)5-4-6-11(14)16/h4-8,13H,1-3H3,(H,17,18)(H,19,20)/t13-/m0/s1. The van der Waals surface area contributed by atoms with Crippen LogP contribution in [0.3, 0.4) is 0 Å². The summed E-state index contributed by atoms with van der Waals surface area (Å²) in [6.07, 6.45) is 0. The number of aryl methyl sites for hydroxylation is 1. The van der Waals surface area contributed by atoms with Crippen LogP contribution in [0, 0.1) is 18.7 Å². The van der Waals surface area contributed by atoms with Crippen LogP contribution in [-0.2, 0) is 4.79 Å². The van der Waals surface area contributed by atoms with Gasteiger partial charge in [0.15, 0.2) is 0 Å². The van der Waals surface area contributed by atoms with Gasteiger partial charge >= 0.3 is 5.97 Å². The molecule has 4 nitrogen and oxygen atoms in total. The number of hydrogen-bond donors (Lipinski definition) is 2. The van der Waals surface area contributed by atoms with Crippen molar-refractivity contribution < 1.29 is 14.3 Å². The fraction of sp³-hybridized carbons (Fsp3) is 0.333. The Balaban J connectivity index is 2.54. The van der Waals surface area contributed by atoms with Gasteiger partial charge in [0.25, 0.3) is 0 Å². The molecule has 0 saturated carbocycles. The number of fused-ring (bicyclic) bond motifs is 1. The highest BCUT2D eigenvalue weighted by Crippen LogP contribution is 2.26. The van der Waals surface area contributed by atoms with Gasteiger partial charge in [0.2, 0.25) is 0 Å². The molecule has 0 aliphatic carbocycles. The third kappa shape index (κ3) is 2.71. The van der Waals surface area contributed by atoms with Crippen LogP contribution in [-0.4, -0.2) is 22.1 Å². The zero-order valence-corrected chi connectivity index (χ0v) is 11.6. The zero-order chi connectivity index (χ0) is 14.9. The van der Waals surface area contributed by atoms with Crippen LogP contribution in [0.25, 0.3) is 10.9 Å². The van der Waals surface area contributed by atoms with E-state index in [9.17, 15) is 14.3 Å². The van der Waals surface area contributed by atoms with Crippen molar-refractivity contribution >= 4 is 22.6 Å². The van der Waals surface area contributed by atoms with E-state index in [0.29, 0.717) is 16.8 Å². The molecule has 0 bridgehead atoms. The smallest absolute Gasteiger partial charge is 0.326 e. The second-order valence-electron chi connectivity index (χ2n) is 5.15. The third-order valence-electron chi connectivity index (χ3n) is 3.16. The number of para-hydroxylation sites is 1. The van der Waals surface area contributed by atoms with Gasteiger partial charge in [0, 0.05) is 16.8 Å². The van der Waals surface area contributed by atoms with E-state index in [-0.39, 0.29) is 11.4 Å². The van der Waals surface area contributed by atoms with Crippen LogP contribution in [0.2, 0.25) is 0 Å². The number of carboxylic acids is 1. The first-order valence-electron chi connectivity index (χ1n) is 6.45. The van der Waals surface area contributed by atoms with Crippen molar-refractivity contribution in [3.8, 4) is 0 Å². The van der Waals surface area contributed by atoms with E-state index in [4.69, 9.17) is 0 Å². The molecule has 2 N–H and O–H groups in total. The molecule has 0 fully saturated rings. The van der Waals surface area contributed by atoms with Crippen LogP contribution >= 0.6 is 0 Å². The molecular weight excluding hydrogens is 259 g/mol. The SMILES string of the molecule is Cc1cc(N[C@H](C(=O)O)C(C)C)c2cccc(F)c2n1. The van der Waals surface area contributed by atoms with E-state index < -0.39 is 17.8 Å². The largest absolute Gasteiger partial charge is 0.480 e. The van der Waals surface area contributed by atoms with E-state index in [1.807, 2.05) is 13.8 Å². The summed E-state index contributed by atoms with van der Waals surface area (Å²) in [7, 11) is 0. The molecular formula is C15H17FN2O2. The summed E-state index contributed by atoms with van der Waals surface area (Å²) in [6.45, 7) is 5.40. The minimum atomic E-state index is -0.931. The highest BCUT2D eigenvalue weighted by molar-refractivity contribution is 5.93. The number of aliphatic carboxylic acids is 1. The summed E-state index contributed by atoms with van der Waals surface area (Å²) in [6, 6.07) is 5.66. The Morgan fingerprint density at radius 3 is 2.70 bits per heavy atom. The molecule has 20 heavy (non-hydrogen) atoms. The number of aromatic nitrogens is 1. The monoisotopic (exact) mass is 276 g/mol. The zero-order valence-electron chi connectivity index (χ0n) is 11.6. The van der Waals surface area contributed by atoms with Gasteiger partial charge in [-0.05, 0) is 25.0 Å². The van der Waals surface area contributed by atoms with Crippen molar-refractivity contribution in [2.24, 2.45) is 5.92 Å². The lowest BCUT2D eigenvalue weighted by Gasteiger charge is -2.20. The molecule has 5 heteroatoms. The fourth-order valence-electron chi connectivity index (χ4n) is 2.14. The maximum Gasteiger partial charge on any atom is 0.326 e. The Morgan fingerprint density at radius 2 is 2.10 bits per heavy atom. The van der Waals surface area contributed by atoms with Crippen LogP contribution in [0.4, 0.5) is 10.1 Å². The molecule has 1 atom stereocenters. The maximum atomic E-state index is 13.8. The molecule has 0 aliphatic rings. The summed E-state index contributed by atoms with van der Waals surface area (Å²) in [4.78, 5) is 15.5. The van der Waals surface area contributed by atoms with Crippen molar-refractivity contribution in [2.45, 2.75) is 26.8 Å². The quantitative estimate of drug-likeness (QED) is 0.900. The second-order valence-corrected chi connectivity index (χ2v) is 5.15. The number of halogens is 1. The van der Waals surface area contributed by atoms with Crippen molar-refractivity contribution in [3.05, 3.63) is 35.8 Å². The van der Waals surface area contributed by atoms with Crippen LogP contribution in [0.1, 0.15) is 19.5 Å². The predicted molar refractivity (Wildman–Crippen MR) is 76.3 cm³/mol. The lowest BCUT2D eigenvalue weighted by atomic mass is 10.0. The number of carbonyl (C=O) groups is 1. The van der Waals surface area contributed by atoms with E-state index in [0.717, 1.165) is 0 Å².